The fraction of sp³-hybridized carbons (Fsp3) is 0.667. The van der Waals surface area contributed by atoms with Crippen LogP contribution in [0.25, 0.3) is 0 Å². The van der Waals surface area contributed by atoms with Crippen LogP contribution in [0.4, 0.5) is 0 Å². The SMILES string of the molecule is Cc1cc(S(=O)(=O)NCC2CCCCC2Br)sc1Br. The third-order valence-corrected chi connectivity index (χ3v) is 8.69. The monoisotopic (exact) mass is 429 g/mol. The molecule has 19 heavy (non-hydrogen) atoms. The molecule has 1 aromatic rings. The van der Waals surface area contributed by atoms with E-state index in [0.717, 1.165) is 22.2 Å². The van der Waals surface area contributed by atoms with Crippen molar-refractivity contribution in [1.29, 1.82) is 0 Å². The summed E-state index contributed by atoms with van der Waals surface area (Å²) in [6, 6.07) is 1.71. The average molecular weight is 431 g/mol. The number of thiophene rings is 1. The van der Waals surface area contributed by atoms with Crippen molar-refractivity contribution < 1.29 is 8.42 Å². The first-order valence-electron chi connectivity index (χ1n) is 6.30. The molecule has 2 unspecified atom stereocenters. The zero-order chi connectivity index (χ0) is 14.0. The molecule has 108 valence electrons. The van der Waals surface area contributed by atoms with Gasteiger partial charge in [0.1, 0.15) is 4.21 Å². The van der Waals surface area contributed by atoms with Crippen LogP contribution < -0.4 is 4.72 Å². The summed E-state index contributed by atoms with van der Waals surface area (Å²) in [6.45, 7) is 2.42. The molecular weight excluding hydrogens is 414 g/mol. The zero-order valence-corrected chi connectivity index (χ0v) is 15.5. The first-order valence-corrected chi connectivity index (χ1v) is 10.3. The normalized spacial score (nSPS) is 24.6. The second-order valence-corrected chi connectivity index (χ2v) is 10.5. The van der Waals surface area contributed by atoms with Crippen LogP contribution in [0.3, 0.4) is 0 Å². The first-order chi connectivity index (χ1) is 8.90. The van der Waals surface area contributed by atoms with Gasteiger partial charge in [0.05, 0.1) is 3.79 Å². The molecule has 1 fully saturated rings. The highest BCUT2D eigenvalue weighted by Gasteiger charge is 2.25. The first kappa shape index (κ1) is 15.9. The zero-order valence-electron chi connectivity index (χ0n) is 10.7. The van der Waals surface area contributed by atoms with E-state index in [9.17, 15) is 8.42 Å². The highest BCUT2D eigenvalue weighted by molar-refractivity contribution is 9.11. The molecule has 7 heteroatoms. The molecule has 1 aliphatic carbocycles. The van der Waals surface area contributed by atoms with E-state index in [1.54, 1.807) is 6.07 Å². The minimum Gasteiger partial charge on any atom is -0.210 e. The van der Waals surface area contributed by atoms with Crippen molar-refractivity contribution in [2.45, 2.75) is 41.6 Å². The summed E-state index contributed by atoms with van der Waals surface area (Å²) < 4.78 is 28.4. The topological polar surface area (TPSA) is 46.2 Å². The van der Waals surface area contributed by atoms with Gasteiger partial charge >= 0.3 is 0 Å². The Bertz CT molecular complexity index is 522. The van der Waals surface area contributed by atoms with Crippen molar-refractivity contribution in [3.63, 3.8) is 0 Å². The van der Waals surface area contributed by atoms with Crippen molar-refractivity contribution in [3.8, 4) is 0 Å². The van der Waals surface area contributed by atoms with E-state index in [1.165, 1.54) is 24.2 Å². The molecule has 2 rings (SSSR count). The smallest absolute Gasteiger partial charge is 0.210 e. The maximum absolute atomic E-state index is 12.2. The average Bonchev–Trinajstić information content (AvgIpc) is 2.70. The van der Waals surface area contributed by atoms with Gasteiger partial charge in [0.25, 0.3) is 0 Å². The van der Waals surface area contributed by atoms with Gasteiger partial charge in [-0.15, -0.1) is 11.3 Å². The molecule has 3 nitrogen and oxygen atoms in total. The molecule has 2 atom stereocenters. The van der Waals surface area contributed by atoms with Gasteiger partial charge in [-0.05, 0) is 53.2 Å². The Balaban J connectivity index is 2.01. The number of halogens is 2. The van der Waals surface area contributed by atoms with Gasteiger partial charge < -0.3 is 0 Å². The second-order valence-electron chi connectivity index (χ2n) is 4.93. The fourth-order valence-electron chi connectivity index (χ4n) is 2.24. The van der Waals surface area contributed by atoms with Crippen molar-refractivity contribution >= 4 is 53.2 Å². The van der Waals surface area contributed by atoms with Crippen molar-refractivity contribution in [3.05, 3.63) is 15.4 Å². The number of nitrogens with one attached hydrogen (secondary N) is 1. The van der Waals surface area contributed by atoms with E-state index >= 15 is 0 Å². The van der Waals surface area contributed by atoms with Gasteiger partial charge in [-0.1, -0.05) is 28.8 Å². The summed E-state index contributed by atoms with van der Waals surface area (Å²) in [5.74, 6) is 0.396. The molecule has 0 amide bonds. The molecule has 1 aliphatic rings. The summed E-state index contributed by atoms with van der Waals surface area (Å²) >= 11 is 8.28. The Hall–Kier alpha value is 0.570. The molecule has 1 heterocycles. The van der Waals surface area contributed by atoms with Gasteiger partial charge in [-0.3, -0.25) is 0 Å². The van der Waals surface area contributed by atoms with Crippen LogP contribution in [-0.2, 0) is 10.0 Å². The third-order valence-electron chi connectivity index (χ3n) is 3.45. The summed E-state index contributed by atoms with van der Waals surface area (Å²) in [6.07, 6.45) is 4.65. The lowest BCUT2D eigenvalue weighted by atomic mass is 9.89. The molecule has 0 radical (unpaired) electrons. The predicted molar refractivity (Wildman–Crippen MR) is 86.6 cm³/mol. The largest absolute Gasteiger partial charge is 0.250 e. The standard InChI is InChI=1S/C12H17Br2NO2S2/c1-8-6-11(18-12(8)14)19(16,17)15-7-9-4-2-3-5-10(9)13/h6,9-10,15H,2-5,7H2,1H3. The van der Waals surface area contributed by atoms with Gasteiger partial charge in [0, 0.05) is 11.4 Å². The number of sulfonamides is 1. The lowest BCUT2D eigenvalue weighted by Gasteiger charge is -2.27. The van der Waals surface area contributed by atoms with Crippen LogP contribution in [0, 0.1) is 12.8 Å². The Labute approximate surface area is 135 Å². The highest BCUT2D eigenvalue weighted by atomic mass is 79.9. The van der Waals surface area contributed by atoms with Crippen molar-refractivity contribution in [1.82, 2.24) is 4.72 Å². The minimum absolute atomic E-state index is 0.388. The molecule has 0 spiro atoms. The fourth-order valence-corrected chi connectivity index (χ4v) is 6.38. The van der Waals surface area contributed by atoms with Crippen LogP contribution in [0.2, 0.25) is 0 Å². The lowest BCUT2D eigenvalue weighted by molar-refractivity contribution is 0.373. The van der Waals surface area contributed by atoms with Gasteiger partial charge in [0.2, 0.25) is 10.0 Å². The molecule has 1 saturated carbocycles. The quantitative estimate of drug-likeness (QED) is 0.732. The number of rotatable bonds is 4. The van der Waals surface area contributed by atoms with E-state index in [1.807, 2.05) is 6.92 Å². The van der Waals surface area contributed by atoms with E-state index in [2.05, 4.69) is 36.6 Å². The van der Waals surface area contributed by atoms with E-state index in [4.69, 9.17) is 0 Å². The van der Waals surface area contributed by atoms with Crippen LogP contribution in [0.5, 0.6) is 0 Å². The van der Waals surface area contributed by atoms with Crippen molar-refractivity contribution in [2.24, 2.45) is 5.92 Å². The van der Waals surface area contributed by atoms with E-state index in [0.29, 0.717) is 21.5 Å². The van der Waals surface area contributed by atoms with Crippen LogP contribution in [-0.4, -0.2) is 19.8 Å². The Morgan fingerprint density at radius 1 is 1.42 bits per heavy atom. The van der Waals surface area contributed by atoms with Crippen LogP contribution >= 0.6 is 43.2 Å². The van der Waals surface area contributed by atoms with Crippen LogP contribution in [0.1, 0.15) is 31.2 Å². The number of alkyl halides is 1. The molecule has 0 aromatic carbocycles. The number of hydrogen-bond acceptors (Lipinski definition) is 3. The second kappa shape index (κ2) is 6.56. The van der Waals surface area contributed by atoms with Crippen molar-refractivity contribution in [2.75, 3.05) is 6.54 Å². The van der Waals surface area contributed by atoms with Gasteiger partial charge in [0.15, 0.2) is 0 Å². The molecular formula is C12H17Br2NO2S2. The maximum atomic E-state index is 12.2. The minimum atomic E-state index is -3.37. The third kappa shape index (κ3) is 4.03. The molecule has 1 N–H and O–H groups in total. The summed E-state index contributed by atoms with van der Waals surface area (Å²) in [4.78, 5) is 0.431. The summed E-state index contributed by atoms with van der Waals surface area (Å²) in [5.41, 5.74) is 0.960. The molecule has 0 aliphatic heterocycles. The van der Waals surface area contributed by atoms with E-state index in [-0.39, 0.29) is 0 Å². The summed E-state index contributed by atoms with van der Waals surface area (Å²) in [7, 11) is -3.37. The molecule has 1 aromatic heterocycles. The molecule has 0 bridgehead atoms. The van der Waals surface area contributed by atoms with Crippen LogP contribution in [0.15, 0.2) is 14.1 Å². The number of hydrogen-bond donors (Lipinski definition) is 1. The Morgan fingerprint density at radius 2 is 2.11 bits per heavy atom. The lowest BCUT2D eigenvalue weighted by Crippen LogP contribution is -2.34. The maximum Gasteiger partial charge on any atom is 0.250 e. The predicted octanol–water partition coefficient (Wildman–Crippen LogP) is 4.05. The number of aryl methyl sites for hydroxylation is 1. The summed E-state index contributed by atoms with van der Waals surface area (Å²) in [5, 5.41) is 0. The Kier molecular flexibility index (Phi) is 5.50. The van der Waals surface area contributed by atoms with Gasteiger partial charge in [-0.25, -0.2) is 13.1 Å². The molecule has 0 saturated heterocycles. The van der Waals surface area contributed by atoms with E-state index < -0.39 is 10.0 Å². The highest BCUT2D eigenvalue weighted by Crippen LogP contribution is 2.32. The Morgan fingerprint density at radius 3 is 2.68 bits per heavy atom. The van der Waals surface area contributed by atoms with Gasteiger partial charge in [-0.2, -0.15) is 0 Å².